The lowest BCUT2D eigenvalue weighted by Crippen LogP contribution is -2.36. The predicted molar refractivity (Wildman–Crippen MR) is 129 cm³/mol. The Morgan fingerprint density at radius 1 is 1.09 bits per heavy atom. The quantitative estimate of drug-likeness (QED) is 0.433. The van der Waals surface area contributed by atoms with Gasteiger partial charge in [0.2, 0.25) is 11.8 Å². The van der Waals surface area contributed by atoms with Gasteiger partial charge in [-0.1, -0.05) is 50.2 Å². The summed E-state index contributed by atoms with van der Waals surface area (Å²) in [6, 6.07) is 14.7. The third-order valence-corrected chi connectivity index (χ3v) is 5.26. The first kappa shape index (κ1) is 25.7. The van der Waals surface area contributed by atoms with Crippen molar-refractivity contribution in [3.8, 4) is 0 Å². The molecule has 2 aromatic heterocycles. The Labute approximate surface area is 204 Å². The third-order valence-electron chi connectivity index (χ3n) is 5.26. The van der Waals surface area contributed by atoms with Crippen LogP contribution in [0.4, 0.5) is 4.79 Å². The van der Waals surface area contributed by atoms with E-state index in [0.717, 1.165) is 16.0 Å². The first-order valence-electron chi connectivity index (χ1n) is 11.3. The zero-order valence-electron chi connectivity index (χ0n) is 20.1. The molecule has 2 heterocycles. The Morgan fingerprint density at radius 3 is 2.51 bits per heavy atom. The second-order valence-corrected chi connectivity index (χ2v) is 8.49. The number of carbonyl (C=O) groups excluding carboxylic acids is 3. The van der Waals surface area contributed by atoms with Crippen LogP contribution in [0.3, 0.4) is 0 Å². The molecule has 0 saturated carbocycles. The Hall–Kier alpha value is -3.92. The van der Waals surface area contributed by atoms with E-state index < -0.39 is 18.0 Å². The van der Waals surface area contributed by atoms with E-state index in [0.29, 0.717) is 18.1 Å². The summed E-state index contributed by atoms with van der Waals surface area (Å²) in [7, 11) is 1.43. The zero-order valence-corrected chi connectivity index (χ0v) is 20.1. The fourth-order valence-electron chi connectivity index (χ4n) is 3.43. The average molecular weight is 482 g/mol. The number of benzene rings is 1. The Kier molecular flexibility index (Phi) is 8.80. The van der Waals surface area contributed by atoms with Crippen LogP contribution in [-0.2, 0) is 32.3 Å². The molecule has 0 aliphatic carbocycles. The molecule has 3 aromatic rings. The van der Waals surface area contributed by atoms with E-state index in [9.17, 15) is 14.4 Å². The Bertz CT molecular complexity index is 1160. The van der Waals surface area contributed by atoms with Crippen molar-refractivity contribution in [3.05, 3.63) is 71.8 Å². The molecule has 3 rings (SSSR count). The minimum atomic E-state index is -0.682. The van der Waals surface area contributed by atoms with E-state index in [-0.39, 0.29) is 31.6 Å². The number of amides is 3. The van der Waals surface area contributed by atoms with Crippen molar-refractivity contribution in [1.29, 1.82) is 0 Å². The largest absolute Gasteiger partial charge is 0.443 e. The summed E-state index contributed by atoms with van der Waals surface area (Å²) in [5, 5.41) is 3.01. The molecular formula is C25H31N5O5. The second-order valence-electron chi connectivity index (χ2n) is 8.49. The molecule has 10 nitrogen and oxygen atoms in total. The number of carbonyl (C=O) groups is 3. The van der Waals surface area contributed by atoms with Gasteiger partial charge in [0.25, 0.3) is 0 Å². The first-order chi connectivity index (χ1) is 16.8. The Balaban J connectivity index is 1.82. The summed E-state index contributed by atoms with van der Waals surface area (Å²) < 4.78 is 13.1. The molecule has 0 unspecified atom stereocenters. The van der Waals surface area contributed by atoms with Gasteiger partial charge < -0.3 is 25.4 Å². The molecule has 0 aliphatic rings. The minimum absolute atomic E-state index is 0.0711. The molecule has 0 saturated heterocycles. The van der Waals surface area contributed by atoms with Crippen molar-refractivity contribution < 1.29 is 23.9 Å². The number of pyridine rings is 1. The van der Waals surface area contributed by atoms with Crippen LogP contribution in [0.5, 0.6) is 0 Å². The summed E-state index contributed by atoms with van der Waals surface area (Å²) in [5.74, 6) is -0.437. The third kappa shape index (κ3) is 7.03. The maximum atomic E-state index is 12.6. The van der Waals surface area contributed by atoms with Crippen molar-refractivity contribution >= 4 is 23.4 Å². The van der Waals surface area contributed by atoms with E-state index in [1.807, 2.05) is 60.7 Å². The molecule has 0 spiro atoms. The van der Waals surface area contributed by atoms with Gasteiger partial charge in [-0.05, 0) is 17.7 Å². The van der Waals surface area contributed by atoms with Gasteiger partial charge in [0.1, 0.15) is 25.0 Å². The number of likely N-dealkylation sites (N-methyl/N-ethyl adjacent to an activating group) is 1. The minimum Gasteiger partial charge on any atom is -0.443 e. The molecule has 3 N–H and O–H groups in total. The van der Waals surface area contributed by atoms with Crippen LogP contribution < -0.4 is 11.1 Å². The van der Waals surface area contributed by atoms with Gasteiger partial charge >= 0.3 is 6.09 Å². The highest BCUT2D eigenvalue weighted by Crippen LogP contribution is 2.20. The van der Waals surface area contributed by atoms with Crippen molar-refractivity contribution in [2.75, 3.05) is 20.2 Å². The van der Waals surface area contributed by atoms with Crippen LogP contribution in [-0.4, -0.2) is 52.4 Å². The number of primary amides is 1. The van der Waals surface area contributed by atoms with Crippen LogP contribution in [0.1, 0.15) is 37.0 Å². The summed E-state index contributed by atoms with van der Waals surface area (Å²) >= 11 is 0. The molecule has 0 radical (unpaired) electrons. The lowest BCUT2D eigenvalue weighted by molar-refractivity contribution is -0.125. The predicted octanol–water partition coefficient (Wildman–Crippen LogP) is 2.42. The molecule has 0 bridgehead atoms. The van der Waals surface area contributed by atoms with Gasteiger partial charge in [0, 0.05) is 13.0 Å². The van der Waals surface area contributed by atoms with Crippen molar-refractivity contribution in [2.24, 2.45) is 11.7 Å². The van der Waals surface area contributed by atoms with Gasteiger partial charge in [-0.25, -0.2) is 9.78 Å². The number of imidazole rings is 1. The smallest absolute Gasteiger partial charge is 0.410 e. The van der Waals surface area contributed by atoms with E-state index in [1.54, 1.807) is 12.3 Å². The topological polar surface area (TPSA) is 128 Å². The molecule has 3 amide bonds. The molecule has 10 heteroatoms. The monoisotopic (exact) mass is 481 g/mol. The number of aromatic nitrogens is 2. The van der Waals surface area contributed by atoms with Crippen LogP contribution in [0.25, 0.3) is 5.52 Å². The average Bonchev–Trinajstić information content (AvgIpc) is 3.26. The molecule has 35 heavy (non-hydrogen) atoms. The Morgan fingerprint density at radius 2 is 1.83 bits per heavy atom. The maximum Gasteiger partial charge on any atom is 0.410 e. The molecular weight excluding hydrogens is 450 g/mol. The van der Waals surface area contributed by atoms with Crippen LogP contribution >= 0.6 is 0 Å². The maximum absolute atomic E-state index is 12.6. The standard InChI is InChI=1S/C25H31N5O5/c1-17(2)24(32)28-21(16-34-14-18-8-5-4-6-9-18)23-27-12-19-10-7-11-20(30(19)23)15-35-25(33)29(3)13-22(26)31/h4-12,17,21H,13-16H2,1-3H3,(H2,26,31)(H,28,32)/t21-/m1/s1. The van der Waals surface area contributed by atoms with Crippen molar-refractivity contribution in [2.45, 2.75) is 33.1 Å². The number of rotatable bonds is 11. The van der Waals surface area contributed by atoms with Gasteiger partial charge in [-0.15, -0.1) is 0 Å². The van der Waals surface area contributed by atoms with E-state index in [1.165, 1.54) is 7.05 Å². The zero-order chi connectivity index (χ0) is 25.4. The van der Waals surface area contributed by atoms with Gasteiger partial charge in [0.15, 0.2) is 0 Å². The number of ether oxygens (including phenoxy) is 2. The number of nitrogens with one attached hydrogen (secondary N) is 1. The van der Waals surface area contributed by atoms with Gasteiger partial charge in [-0.2, -0.15) is 0 Å². The number of fused-ring (bicyclic) bond motifs is 1. The lowest BCUT2D eigenvalue weighted by atomic mass is 10.2. The summed E-state index contributed by atoms with van der Waals surface area (Å²) in [6.45, 7) is 3.89. The molecule has 186 valence electrons. The van der Waals surface area contributed by atoms with Crippen LogP contribution in [0, 0.1) is 5.92 Å². The highest BCUT2D eigenvalue weighted by molar-refractivity contribution is 5.80. The van der Waals surface area contributed by atoms with E-state index in [2.05, 4.69) is 10.3 Å². The van der Waals surface area contributed by atoms with E-state index in [4.69, 9.17) is 15.2 Å². The van der Waals surface area contributed by atoms with Gasteiger partial charge in [0.05, 0.1) is 30.6 Å². The molecule has 0 aliphatic heterocycles. The number of nitrogens with two attached hydrogens (primary N) is 1. The molecule has 1 atom stereocenters. The molecule has 1 aromatic carbocycles. The highest BCUT2D eigenvalue weighted by Gasteiger charge is 2.23. The highest BCUT2D eigenvalue weighted by atomic mass is 16.6. The van der Waals surface area contributed by atoms with Crippen molar-refractivity contribution in [1.82, 2.24) is 19.6 Å². The number of hydrogen-bond acceptors (Lipinski definition) is 6. The normalized spacial score (nSPS) is 11.9. The molecule has 0 fully saturated rings. The fourth-order valence-corrected chi connectivity index (χ4v) is 3.43. The number of hydrogen-bond donors (Lipinski definition) is 2. The van der Waals surface area contributed by atoms with Crippen LogP contribution in [0.15, 0.2) is 54.7 Å². The van der Waals surface area contributed by atoms with Gasteiger partial charge in [-0.3, -0.25) is 14.0 Å². The first-order valence-corrected chi connectivity index (χ1v) is 11.3. The number of nitrogens with zero attached hydrogens (tertiary/aromatic N) is 3. The van der Waals surface area contributed by atoms with E-state index >= 15 is 0 Å². The lowest BCUT2D eigenvalue weighted by Gasteiger charge is -2.21. The summed E-state index contributed by atoms with van der Waals surface area (Å²) in [4.78, 5) is 41.5. The SMILES string of the molecule is CC(C)C(=O)N[C@H](COCc1ccccc1)c1ncc2cccc(COC(=O)N(C)CC(N)=O)n12. The second kappa shape index (κ2) is 12.0. The summed E-state index contributed by atoms with van der Waals surface area (Å²) in [6.07, 6.45) is 1.00. The van der Waals surface area contributed by atoms with Crippen molar-refractivity contribution in [3.63, 3.8) is 0 Å². The summed E-state index contributed by atoms with van der Waals surface area (Å²) in [5.41, 5.74) is 7.57. The van der Waals surface area contributed by atoms with Crippen LogP contribution in [0.2, 0.25) is 0 Å². The fraction of sp³-hybridized carbons (Fsp3) is 0.360.